The minimum Gasteiger partial charge on any atom is -0.342 e. The Morgan fingerprint density at radius 1 is 1.24 bits per heavy atom. The maximum Gasteiger partial charge on any atom is 0.225 e. The van der Waals surface area contributed by atoms with Gasteiger partial charge in [0.2, 0.25) is 5.91 Å². The molecule has 3 nitrogen and oxygen atoms in total. The van der Waals surface area contributed by atoms with Crippen LogP contribution in [-0.4, -0.2) is 36.5 Å². The van der Waals surface area contributed by atoms with Crippen molar-refractivity contribution in [1.29, 1.82) is 0 Å². The standard InChI is InChI=1S/C14H26N2O/c1-3-8-15-13-6-4-12(5-7-13)14(17)16-9-11(2)10-16/h11-13,15H,3-10H2,1-2H3. The lowest BCUT2D eigenvalue weighted by Gasteiger charge is -2.40. The highest BCUT2D eigenvalue weighted by Crippen LogP contribution is 2.28. The summed E-state index contributed by atoms with van der Waals surface area (Å²) in [5, 5.41) is 3.57. The van der Waals surface area contributed by atoms with Crippen molar-refractivity contribution >= 4 is 5.91 Å². The molecule has 1 saturated carbocycles. The number of hydrogen-bond acceptors (Lipinski definition) is 2. The first-order valence-corrected chi connectivity index (χ1v) is 7.23. The van der Waals surface area contributed by atoms with Crippen LogP contribution in [0.2, 0.25) is 0 Å². The van der Waals surface area contributed by atoms with Crippen molar-refractivity contribution in [2.45, 2.75) is 52.0 Å². The quantitative estimate of drug-likeness (QED) is 0.812. The number of rotatable bonds is 4. The molecule has 1 heterocycles. The summed E-state index contributed by atoms with van der Waals surface area (Å²) in [4.78, 5) is 14.2. The molecule has 0 unspecified atom stereocenters. The fourth-order valence-electron chi connectivity index (χ4n) is 3.03. The lowest BCUT2D eigenvalue weighted by molar-refractivity contribution is -0.142. The van der Waals surface area contributed by atoms with Crippen molar-refractivity contribution in [2.24, 2.45) is 11.8 Å². The van der Waals surface area contributed by atoms with Crippen LogP contribution >= 0.6 is 0 Å². The molecule has 1 saturated heterocycles. The van der Waals surface area contributed by atoms with Crippen LogP contribution in [0, 0.1) is 11.8 Å². The minimum absolute atomic E-state index is 0.321. The number of amides is 1. The van der Waals surface area contributed by atoms with Crippen LogP contribution in [-0.2, 0) is 4.79 Å². The summed E-state index contributed by atoms with van der Waals surface area (Å²) in [6.45, 7) is 7.52. The third-order valence-electron chi connectivity index (χ3n) is 4.14. The highest BCUT2D eigenvalue weighted by atomic mass is 16.2. The molecule has 98 valence electrons. The number of carbonyl (C=O) groups is 1. The second-order valence-corrected chi connectivity index (χ2v) is 5.85. The summed E-state index contributed by atoms with van der Waals surface area (Å²) >= 11 is 0. The Bertz CT molecular complexity index is 253. The SMILES string of the molecule is CCCNC1CCC(C(=O)N2CC(C)C2)CC1. The molecule has 0 bridgehead atoms. The summed E-state index contributed by atoms with van der Waals surface area (Å²) in [5.41, 5.74) is 0. The van der Waals surface area contributed by atoms with Crippen molar-refractivity contribution in [3.05, 3.63) is 0 Å². The maximum absolute atomic E-state index is 12.2. The number of nitrogens with zero attached hydrogens (tertiary/aromatic N) is 1. The van der Waals surface area contributed by atoms with E-state index in [1.807, 2.05) is 0 Å². The van der Waals surface area contributed by atoms with E-state index in [2.05, 4.69) is 24.1 Å². The van der Waals surface area contributed by atoms with Gasteiger partial charge in [-0.25, -0.2) is 0 Å². The summed E-state index contributed by atoms with van der Waals surface area (Å²) < 4.78 is 0. The fraction of sp³-hybridized carbons (Fsp3) is 0.929. The molecule has 3 heteroatoms. The van der Waals surface area contributed by atoms with E-state index in [9.17, 15) is 4.79 Å². The van der Waals surface area contributed by atoms with Gasteiger partial charge in [-0.3, -0.25) is 4.79 Å². The normalized spacial score (nSPS) is 30.1. The van der Waals surface area contributed by atoms with Crippen molar-refractivity contribution in [1.82, 2.24) is 10.2 Å². The smallest absolute Gasteiger partial charge is 0.225 e. The van der Waals surface area contributed by atoms with Gasteiger partial charge in [-0.2, -0.15) is 0 Å². The van der Waals surface area contributed by atoms with Crippen molar-refractivity contribution in [3.8, 4) is 0 Å². The maximum atomic E-state index is 12.2. The molecule has 0 aromatic rings. The molecular formula is C14H26N2O. The monoisotopic (exact) mass is 238 g/mol. The molecule has 2 rings (SSSR count). The van der Waals surface area contributed by atoms with Crippen molar-refractivity contribution in [3.63, 3.8) is 0 Å². The van der Waals surface area contributed by atoms with Crippen LogP contribution < -0.4 is 5.32 Å². The number of nitrogens with one attached hydrogen (secondary N) is 1. The predicted molar refractivity (Wildman–Crippen MR) is 69.8 cm³/mol. The summed E-state index contributed by atoms with van der Waals surface area (Å²) in [5.74, 6) is 1.47. The molecular weight excluding hydrogens is 212 g/mol. The van der Waals surface area contributed by atoms with Crippen LogP contribution in [0.5, 0.6) is 0 Å². The zero-order valence-electron chi connectivity index (χ0n) is 11.2. The molecule has 1 N–H and O–H groups in total. The highest BCUT2D eigenvalue weighted by molar-refractivity contribution is 5.79. The Morgan fingerprint density at radius 3 is 2.41 bits per heavy atom. The van der Waals surface area contributed by atoms with Crippen LogP contribution in [0.25, 0.3) is 0 Å². The first kappa shape index (κ1) is 12.9. The second-order valence-electron chi connectivity index (χ2n) is 5.85. The van der Waals surface area contributed by atoms with Gasteiger partial charge in [0.25, 0.3) is 0 Å². The van der Waals surface area contributed by atoms with Gasteiger partial charge in [-0.15, -0.1) is 0 Å². The van der Waals surface area contributed by atoms with E-state index in [-0.39, 0.29) is 0 Å². The van der Waals surface area contributed by atoms with Gasteiger partial charge in [-0.1, -0.05) is 13.8 Å². The van der Waals surface area contributed by atoms with Gasteiger partial charge in [-0.05, 0) is 44.6 Å². The van der Waals surface area contributed by atoms with Crippen molar-refractivity contribution < 1.29 is 4.79 Å². The molecule has 17 heavy (non-hydrogen) atoms. The number of carbonyl (C=O) groups excluding carboxylic acids is 1. The van der Waals surface area contributed by atoms with E-state index in [0.29, 0.717) is 17.9 Å². The van der Waals surface area contributed by atoms with Gasteiger partial charge in [0.1, 0.15) is 0 Å². The molecule has 1 amide bonds. The summed E-state index contributed by atoms with van der Waals surface area (Å²) in [6.07, 6.45) is 5.74. The second kappa shape index (κ2) is 5.85. The molecule has 0 radical (unpaired) electrons. The lowest BCUT2D eigenvalue weighted by atomic mass is 9.84. The Kier molecular flexibility index (Phi) is 4.43. The average molecular weight is 238 g/mol. The van der Waals surface area contributed by atoms with E-state index in [4.69, 9.17) is 0 Å². The Hall–Kier alpha value is -0.570. The molecule has 1 aliphatic heterocycles. The van der Waals surface area contributed by atoms with E-state index in [0.717, 1.165) is 38.4 Å². The van der Waals surface area contributed by atoms with Gasteiger partial charge >= 0.3 is 0 Å². The highest BCUT2D eigenvalue weighted by Gasteiger charge is 2.33. The minimum atomic E-state index is 0.321. The van der Waals surface area contributed by atoms with E-state index in [1.165, 1.54) is 19.3 Å². The summed E-state index contributed by atoms with van der Waals surface area (Å²) in [7, 11) is 0. The van der Waals surface area contributed by atoms with E-state index in [1.54, 1.807) is 0 Å². The molecule has 2 fully saturated rings. The van der Waals surface area contributed by atoms with Crippen molar-refractivity contribution in [2.75, 3.05) is 19.6 Å². The molecule has 0 spiro atoms. The predicted octanol–water partition coefficient (Wildman–Crippen LogP) is 2.02. The molecule has 0 aromatic carbocycles. The van der Waals surface area contributed by atoms with Gasteiger partial charge in [0, 0.05) is 25.0 Å². The van der Waals surface area contributed by atoms with Crippen LogP contribution in [0.3, 0.4) is 0 Å². The fourth-order valence-corrected chi connectivity index (χ4v) is 3.03. The first-order chi connectivity index (χ1) is 8.20. The number of hydrogen-bond donors (Lipinski definition) is 1. The molecule has 1 aliphatic carbocycles. The van der Waals surface area contributed by atoms with Crippen LogP contribution in [0.1, 0.15) is 46.0 Å². The third kappa shape index (κ3) is 3.21. The van der Waals surface area contributed by atoms with E-state index < -0.39 is 0 Å². The van der Waals surface area contributed by atoms with Gasteiger partial charge in [0.15, 0.2) is 0 Å². The zero-order valence-corrected chi connectivity index (χ0v) is 11.2. The van der Waals surface area contributed by atoms with Crippen LogP contribution in [0.15, 0.2) is 0 Å². The Morgan fingerprint density at radius 2 is 1.88 bits per heavy atom. The Labute approximate surface area is 105 Å². The van der Waals surface area contributed by atoms with Gasteiger partial charge in [0.05, 0.1) is 0 Å². The largest absolute Gasteiger partial charge is 0.342 e. The molecule has 0 atom stereocenters. The third-order valence-corrected chi connectivity index (χ3v) is 4.14. The van der Waals surface area contributed by atoms with E-state index >= 15 is 0 Å². The number of likely N-dealkylation sites (tertiary alicyclic amines) is 1. The lowest BCUT2D eigenvalue weighted by Crippen LogP contribution is -2.51. The molecule has 0 aromatic heterocycles. The average Bonchev–Trinajstić information content (AvgIpc) is 2.32. The topological polar surface area (TPSA) is 32.3 Å². The Balaban J connectivity index is 1.69. The zero-order chi connectivity index (χ0) is 12.3. The molecule has 2 aliphatic rings. The van der Waals surface area contributed by atoms with Crippen LogP contribution in [0.4, 0.5) is 0 Å². The van der Waals surface area contributed by atoms with Gasteiger partial charge < -0.3 is 10.2 Å². The summed E-state index contributed by atoms with van der Waals surface area (Å²) in [6, 6.07) is 0.661. The first-order valence-electron chi connectivity index (χ1n) is 7.23.